The highest BCUT2D eigenvalue weighted by molar-refractivity contribution is 5.71. The van der Waals surface area contributed by atoms with Gasteiger partial charge in [0.1, 0.15) is 13.2 Å². The molecule has 0 saturated carbocycles. The van der Waals surface area contributed by atoms with Gasteiger partial charge in [-0.1, -0.05) is 188 Å². The lowest BCUT2D eigenvalue weighted by atomic mass is 10.0. The van der Waals surface area contributed by atoms with E-state index in [1.807, 2.05) is 0 Å². The van der Waals surface area contributed by atoms with Gasteiger partial charge >= 0.3 is 17.9 Å². The van der Waals surface area contributed by atoms with Crippen molar-refractivity contribution < 1.29 is 28.6 Å². The van der Waals surface area contributed by atoms with Crippen LogP contribution in [-0.4, -0.2) is 37.2 Å². The number of unbranched alkanes of at least 4 members (excludes halogenated alkanes) is 24. The van der Waals surface area contributed by atoms with Gasteiger partial charge < -0.3 is 14.2 Å². The summed E-state index contributed by atoms with van der Waals surface area (Å²) in [6, 6.07) is 0. The molecule has 0 aromatic heterocycles. The van der Waals surface area contributed by atoms with Crippen LogP contribution < -0.4 is 0 Å². The Morgan fingerprint density at radius 1 is 0.396 bits per heavy atom. The molecule has 0 spiro atoms. The van der Waals surface area contributed by atoms with E-state index < -0.39 is 6.10 Å². The lowest BCUT2D eigenvalue weighted by molar-refractivity contribution is -0.167. The molecule has 0 radical (unpaired) electrons. The van der Waals surface area contributed by atoms with Crippen LogP contribution in [0.1, 0.15) is 227 Å². The van der Waals surface area contributed by atoms with Gasteiger partial charge in [-0.3, -0.25) is 14.4 Å². The fourth-order valence-corrected chi connectivity index (χ4v) is 6.10. The summed E-state index contributed by atoms with van der Waals surface area (Å²) in [5, 5.41) is 0. The molecule has 6 nitrogen and oxygen atoms in total. The number of hydrogen-bond acceptors (Lipinski definition) is 6. The predicted octanol–water partition coefficient (Wildman–Crippen LogP) is 12.8. The maximum atomic E-state index is 12.6. The number of carbonyl (C=O) groups excluding carboxylic acids is 3. The lowest BCUT2D eigenvalue weighted by Crippen LogP contribution is -2.30. The summed E-state index contributed by atoms with van der Waals surface area (Å²) in [4.78, 5) is 37.3. The molecule has 0 aliphatic rings. The van der Waals surface area contributed by atoms with Gasteiger partial charge in [0.25, 0.3) is 0 Å². The number of rotatable bonds is 37. The molecule has 284 valence electrons. The molecule has 1 atom stereocenters. The molecule has 0 fully saturated rings. The minimum absolute atomic E-state index is 0.0654. The third kappa shape index (κ3) is 35.7. The van der Waals surface area contributed by atoms with E-state index >= 15 is 0 Å². The summed E-state index contributed by atoms with van der Waals surface area (Å²) in [6.07, 6.45) is 34.0. The second-order valence-electron chi connectivity index (χ2n) is 14.7. The van der Waals surface area contributed by atoms with Gasteiger partial charge in [-0.25, -0.2) is 0 Å². The predicted molar refractivity (Wildman–Crippen MR) is 201 cm³/mol. The molecule has 6 heteroatoms. The zero-order valence-electron chi connectivity index (χ0n) is 32.4. The van der Waals surface area contributed by atoms with Crippen molar-refractivity contribution in [3.8, 4) is 0 Å². The monoisotopic (exact) mass is 681 g/mol. The van der Waals surface area contributed by atoms with E-state index in [0.29, 0.717) is 19.3 Å². The van der Waals surface area contributed by atoms with Crippen molar-refractivity contribution in [3.05, 3.63) is 0 Å². The largest absolute Gasteiger partial charge is 0.462 e. The van der Waals surface area contributed by atoms with Gasteiger partial charge in [-0.15, -0.1) is 0 Å². The molecule has 0 amide bonds. The van der Waals surface area contributed by atoms with Crippen LogP contribution >= 0.6 is 0 Å². The summed E-state index contributed by atoms with van der Waals surface area (Å²) in [5.41, 5.74) is 0. The van der Waals surface area contributed by atoms with Crippen LogP contribution in [0, 0.1) is 5.92 Å². The Balaban J connectivity index is 4.16. The SMILES string of the molecule is CCCCCCCCCCCC(=O)O[C@H](COC(=O)CCCCCCC)COC(=O)CCCCCCCCCCCCCCCC(C)C. The van der Waals surface area contributed by atoms with Crippen molar-refractivity contribution in [1.29, 1.82) is 0 Å². The van der Waals surface area contributed by atoms with Crippen LogP contribution in [0.2, 0.25) is 0 Å². The zero-order chi connectivity index (χ0) is 35.3. The molecular formula is C42H80O6. The summed E-state index contributed by atoms with van der Waals surface area (Å²) >= 11 is 0. The molecular weight excluding hydrogens is 600 g/mol. The third-order valence-electron chi connectivity index (χ3n) is 9.29. The smallest absolute Gasteiger partial charge is 0.306 e. The van der Waals surface area contributed by atoms with Crippen molar-refractivity contribution in [2.24, 2.45) is 5.92 Å². The van der Waals surface area contributed by atoms with E-state index in [1.54, 1.807) is 0 Å². The Kier molecular flexibility index (Phi) is 35.5. The molecule has 48 heavy (non-hydrogen) atoms. The van der Waals surface area contributed by atoms with Crippen LogP contribution in [0.3, 0.4) is 0 Å². The standard InChI is InChI=1S/C42H80O6/c1-5-7-9-11-12-18-23-27-31-35-42(45)48-39(36-46-40(43)33-29-24-10-8-6-2)37-47-41(44)34-30-26-22-20-17-15-13-14-16-19-21-25-28-32-38(3)4/h38-39H,5-37H2,1-4H3/t39-/m1/s1. The van der Waals surface area contributed by atoms with Crippen LogP contribution in [0.15, 0.2) is 0 Å². The highest BCUT2D eigenvalue weighted by Crippen LogP contribution is 2.16. The van der Waals surface area contributed by atoms with Crippen molar-refractivity contribution in [2.75, 3.05) is 13.2 Å². The van der Waals surface area contributed by atoms with Gasteiger partial charge in [-0.2, -0.15) is 0 Å². The summed E-state index contributed by atoms with van der Waals surface area (Å²) in [6.45, 7) is 8.89. The molecule has 0 saturated heterocycles. The summed E-state index contributed by atoms with van der Waals surface area (Å²) in [7, 11) is 0. The first-order valence-electron chi connectivity index (χ1n) is 20.9. The summed E-state index contributed by atoms with van der Waals surface area (Å²) < 4.78 is 16.5. The molecule has 0 aliphatic heterocycles. The fraction of sp³-hybridized carbons (Fsp3) is 0.929. The Hall–Kier alpha value is -1.59. The quantitative estimate of drug-likeness (QED) is 0.0369. The number of ether oxygens (including phenoxy) is 3. The van der Waals surface area contributed by atoms with Crippen molar-refractivity contribution >= 4 is 17.9 Å². The topological polar surface area (TPSA) is 78.9 Å². The molecule has 0 aliphatic carbocycles. The third-order valence-corrected chi connectivity index (χ3v) is 9.29. The Labute approximate surface area is 298 Å². The van der Waals surface area contributed by atoms with E-state index in [4.69, 9.17) is 14.2 Å². The van der Waals surface area contributed by atoms with Crippen LogP contribution in [0.4, 0.5) is 0 Å². The van der Waals surface area contributed by atoms with E-state index in [-0.39, 0.29) is 31.1 Å². The van der Waals surface area contributed by atoms with Gasteiger partial charge in [0, 0.05) is 19.3 Å². The Morgan fingerprint density at radius 2 is 0.688 bits per heavy atom. The van der Waals surface area contributed by atoms with Crippen LogP contribution in [0.5, 0.6) is 0 Å². The highest BCUT2D eigenvalue weighted by atomic mass is 16.6. The normalized spacial score (nSPS) is 11.9. The van der Waals surface area contributed by atoms with Gasteiger partial charge in [0.15, 0.2) is 6.10 Å². The molecule has 0 unspecified atom stereocenters. The molecule has 0 aromatic carbocycles. The Bertz CT molecular complexity index is 721. The van der Waals surface area contributed by atoms with Gasteiger partial charge in [0.05, 0.1) is 0 Å². The van der Waals surface area contributed by atoms with Crippen molar-refractivity contribution in [3.63, 3.8) is 0 Å². The highest BCUT2D eigenvalue weighted by Gasteiger charge is 2.19. The van der Waals surface area contributed by atoms with Gasteiger partial charge in [0.2, 0.25) is 0 Å². The second kappa shape index (κ2) is 36.7. The van der Waals surface area contributed by atoms with E-state index in [2.05, 4.69) is 27.7 Å². The van der Waals surface area contributed by atoms with Crippen LogP contribution in [-0.2, 0) is 28.6 Å². The Morgan fingerprint density at radius 3 is 1.02 bits per heavy atom. The van der Waals surface area contributed by atoms with Crippen molar-refractivity contribution in [2.45, 2.75) is 233 Å². The van der Waals surface area contributed by atoms with E-state index in [9.17, 15) is 14.4 Å². The fourth-order valence-electron chi connectivity index (χ4n) is 6.10. The molecule has 0 rings (SSSR count). The van der Waals surface area contributed by atoms with Crippen molar-refractivity contribution in [1.82, 2.24) is 0 Å². The minimum Gasteiger partial charge on any atom is -0.462 e. The first kappa shape index (κ1) is 46.4. The second-order valence-corrected chi connectivity index (χ2v) is 14.7. The first-order valence-corrected chi connectivity index (χ1v) is 20.9. The molecule has 0 heterocycles. The molecule has 0 bridgehead atoms. The van der Waals surface area contributed by atoms with E-state index in [1.165, 1.54) is 116 Å². The summed E-state index contributed by atoms with van der Waals surface area (Å²) in [5.74, 6) is -0.0363. The first-order chi connectivity index (χ1) is 23.4. The number of carbonyl (C=O) groups is 3. The number of esters is 3. The average Bonchev–Trinajstić information content (AvgIpc) is 3.06. The van der Waals surface area contributed by atoms with E-state index in [0.717, 1.165) is 70.1 Å². The maximum absolute atomic E-state index is 12.6. The van der Waals surface area contributed by atoms with Gasteiger partial charge in [-0.05, 0) is 25.2 Å². The molecule has 0 N–H and O–H groups in total. The van der Waals surface area contributed by atoms with Crippen LogP contribution in [0.25, 0.3) is 0 Å². The zero-order valence-corrected chi connectivity index (χ0v) is 32.4. The average molecular weight is 681 g/mol. The lowest BCUT2D eigenvalue weighted by Gasteiger charge is -2.18. The number of hydrogen-bond donors (Lipinski definition) is 0. The molecule has 0 aromatic rings. The minimum atomic E-state index is -0.756. The maximum Gasteiger partial charge on any atom is 0.306 e.